The molecule has 0 amide bonds. The van der Waals surface area contributed by atoms with Gasteiger partial charge in [-0.15, -0.1) is 0 Å². The van der Waals surface area contributed by atoms with Crippen LogP contribution >= 0.6 is 0 Å². The molecule has 0 bridgehead atoms. The summed E-state index contributed by atoms with van der Waals surface area (Å²) >= 11 is 0. The van der Waals surface area contributed by atoms with Crippen LogP contribution in [0.4, 0.5) is 0 Å². The summed E-state index contributed by atoms with van der Waals surface area (Å²) < 4.78 is 0.511. The molecular weight excluding hydrogens is 242 g/mol. The third-order valence-corrected chi connectivity index (χ3v) is 3.39. The van der Waals surface area contributed by atoms with Gasteiger partial charge in [-0.25, -0.2) is 0 Å². The van der Waals surface area contributed by atoms with Gasteiger partial charge < -0.3 is 19.5 Å². The number of aliphatic hydroxyl groups excluding tert-OH is 1. The standard InChI is InChI=1S/C15H29NO3/c1-5-7-8-9-10-14(17)12-16(3,4)11-13(6-2)15(18)19/h5,7,13-14,17H,6,8-12H2,1-4H3/b7-5+. The summed E-state index contributed by atoms with van der Waals surface area (Å²) in [6, 6.07) is 0. The molecule has 2 unspecified atom stereocenters. The second-order valence-corrected chi connectivity index (χ2v) is 5.88. The fraction of sp³-hybridized carbons (Fsp3) is 0.800. The molecule has 0 spiro atoms. The molecule has 0 heterocycles. The topological polar surface area (TPSA) is 60.4 Å². The summed E-state index contributed by atoms with van der Waals surface area (Å²) in [5, 5.41) is 21.0. The molecule has 1 N–H and O–H groups in total. The predicted molar refractivity (Wildman–Crippen MR) is 75.3 cm³/mol. The number of nitrogens with zero attached hydrogens (tertiary/aromatic N) is 1. The van der Waals surface area contributed by atoms with Crippen molar-refractivity contribution in [2.24, 2.45) is 5.92 Å². The lowest BCUT2D eigenvalue weighted by Crippen LogP contribution is -2.51. The first-order valence-electron chi connectivity index (χ1n) is 7.14. The largest absolute Gasteiger partial charge is 0.550 e. The lowest BCUT2D eigenvalue weighted by molar-refractivity contribution is -0.896. The van der Waals surface area contributed by atoms with E-state index in [2.05, 4.69) is 6.08 Å². The van der Waals surface area contributed by atoms with Crippen molar-refractivity contribution in [3.63, 3.8) is 0 Å². The Morgan fingerprint density at radius 1 is 1.37 bits per heavy atom. The van der Waals surface area contributed by atoms with E-state index in [1.807, 2.05) is 34.0 Å². The number of allylic oxidation sites excluding steroid dienone is 2. The molecule has 0 saturated carbocycles. The van der Waals surface area contributed by atoms with Gasteiger partial charge in [0.1, 0.15) is 12.6 Å². The normalized spacial score (nSPS) is 15.6. The van der Waals surface area contributed by atoms with Crippen molar-refractivity contribution in [3.8, 4) is 0 Å². The van der Waals surface area contributed by atoms with Gasteiger partial charge in [-0.3, -0.25) is 0 Å². The smallest absolute Gasteiger partial charge is 0.105 e. The molecule has 0 aliphatic rings. The second kappa shape index (κ2) is 9.10. The van der Waals surface area contributed by atoms with Crippen LogP contribution in [0.3, 0.4) is 0 Å². The Hall–Kier alpha value is -0.870. The van der Waals surface area contributed by atoms with E-state index < -0.39 is 11.9 Å². The minimum absolute atomic E-state index is 0.375. The number of carbonyl (C=O) groups excluding carboxylic acids is 1. The summed E-state index contributed by atoms with van der Waals surface area (Å²) in [7, 11) is 3.92. The number of hydrogen-bond donors (Lipinski definition) is 1. The van der Waals surface area contributed by atoms with Crippen LogP contribution in [0, 0.1) is 5.92 Å². The highest BCUT2D eigenvalue weighted by Gasteiger charge is 2.24. The molecule has 0 radical (unpaired) electrons. The average Bonchev–Trinajstić information content (AvgIpc) is 2.30. The number of carboxylic acids is 1. The molecule has 0 aromatic carbocycles. The average molecular weight is 271 g/mol. The molecule has 0 aliphatic heterocycles. The van der Waals surface area contributed by atoms with Crippen LogP contribution in [0.15, 0.2) is 12.2 Å². The van der Waals surface area contributed by atoms with Crippen LogP contribution in [-0.4, -0.2) is 48.8 Å². The molecule has 4 nitrogen and oxygen atoms in total. The fourth-order valence-electron chi connectivity index (χ4n) is 2.34. The van der Waals surface area contributed by atoms with Crippen molar-refractivity contribution in [1.82, 2.24) is 0 Å². The van der Waals surface area contributed by atoms with E-state index in [0.29, 0.717) is 24.0 Å². The van der Waals surface area contributed by atoms with E-state index in [1.165, 1.54) is 0 Å². The molecule has 0 aromatic rings. The highest BCUT2D eigenvalue weighted by Crippen LogP contribution is 2.12. The first kappa shape index (κ1) is 18.1. The van der Waals surface area contributed by atoms with E-state index >= 15 is 0 Å². The number of quaternary nitrogens is 1. The van der Waals surface area contributed by atoms with Gasteiger partial charge in [0.05, 0.1) is 26.6 Å². The summed E-state index contributed by atoms with van der Waals surface area (Å²) in [5.41, 5.74) is 0. The molecule has 0 fully saturated rings. The van der Waals surface area contributed by atoms with Crippen molar-refractivity contribution >= 4 is 5.97 Å². The molecule has 19 heavy (non-hydrogen) atoms. The summed E-state index contributed by atoms with van der Waals surface area (Å²) in [4.78, 5) is 10.9. The van der Waals surface area contributed by atoms with Crippen LogP contribution in [-0.2, 0) is 4.79 Å². The number of likely N-dealkylation sites (N-methyl/N-ethyl adjacent to an activating group) is 1. The highest BCUT2D eigenvalue weighted by atomic mass is 16.4. The van der Waals surface area contributed by atoms with Gasteiger partial charge in [0.2, 0.25) is 0 Å². The highest BCUT2D eigenvalue weighted by molar-refractivity contribution is 5.67. The number of aliphatic hydroxyl groups is 1. The maximum Gasteiger partial charge on any atom is 0.105 e. The summed E-state index contributed by atoms with van der Waals surface area (Å²) in [6.07, 6.45) is 7.00. The molecule has 2 atom stereocenters. The Morgan fingerprint density at radius 3 is 2.47 bits per heavy atom. The second-order valence-electron chi connectivity index (χ2n) is 5.88. The van der Waals surface area contributed by atoms with Crippen LogP contribution in [0.25, 0.3) is 0 Å². The number of rotatable bonds is 10. The van der Waals surface area contributed by atoms with E-state index in [4.69, 9.17) is 0 Å². The molecular formula is C15H29NO3. The minimum Gasteiger partial charge on any atom is -0.550 e. The van der Waals surface area contributed by atoms with Gasteiger partial charge in [0.15, 0.2) is 0 Å². The number of carboxylic acid groups (broad SMARTS) is 1. The zero-order chi connectivity index (χ0) is 14.9. The zero-order valence-corrected chi connectivity index (χ0v) is 12.8. The SMILES string of the molecule is C/C=C/CCCC(O)C[N+](C)(C)CC(CC)C(=O)[O-]. The zero-order valence-electron chi connectivity index (χ0n) is 12.8. The molecule has 0 rings (SSSR count). The quantitative estimate of drug-likeness (QED) is 0.365. The number of hydrogen-bond acceptors (Lipinski definition) is 3. The molecule has 0 aromatic heterocycles. The molecule has 112 valence electrons. The van der Waals surface area contributed by atoms with Crippen molar-refractivity contribution < 1.29 is 19.5 Å². The molecule has 0 aliphatic carbocycles. The minimum atomic E-state index is -0.990. The Morgan fingerprint density at radius 2 is 2.00 bits per heavy atom. The lowest BCUT2D eigenvalue weighted by Gasteiger charge is -2.35. The maximum atomic E-state index is 10.9. The third kappa shape index (κ3) is 8.78. The number of unbranched alkanes of at least 4 members (excludes halogenated alkanes) is 1. The predicted octanol–water partition coefficient (Wildman–Crippen LogP) is 0.946. The first-order valence-corrected chi connectivity index (χ1v) is 7.14. The Kier molecular flexibility index (Phi) is 8.68. The molecule has 4 heteroatoms. The van der Waals surface area contributed by atoms with Crippen LogP contribution < -0.4 is 5.11 Å². The van der Waals surface area contributed by atoms with Gasteiger partial charge >= 0.3 is 0 Å². The summed E-state index contributed by atoms with van der Waals surface area (Å²) in [5.74, 6) is -1.43. The summed E-state index contributed by atoms with van der Waals surface area (Å²) in [6.45, 7) is 4.93. The third-order valence-electron chi connectivity index (χ3n) is 3.39. The van der Waals surface area contributed by atoms with Crippen LogP contribution in [0.1, 0.15) is 39.5 Å². The van der Waals surface area contributed by atoms with Gasteiger partial charge in [0.25, 0.3) is 0 Å². The molecule has 0 saturated heterocycles. The maximum absolute atomic E-state index is 10.9. The Labute approximate surface area is 117 Å². The number of carbonyl (C=O) groups is 1. The van der Waals surface area contributed by atoms with Crippen molar-refractivity contribution in [1.29, 1.82) is 0 Å². The van der Waals surface area contributed by atoms with Gasteiger partial charge in [-0.2, -0.15) is 0 Å². The fourth-order valence-corrected chi connectivity index (χ4v) is 2.34. The van der Waals surface area contributed by atoms with E-state index in [0.717, 1.165) is 19.3 Å². The van der Waals surface area contributed by atoms with E-state index in [-0.39, 0.29) is 6.10 Å². The van der Waals surface area contributed by atoms with Crippen LogP contribution in [0.2, 0.25) is 0 Å². The number of aliphatic carboxylic acids is 1. The van der Waals surface area contributed by atoms with Crippen molar-refractivity contribution in [3.05, 3.63) is 12.2 Å². The van der Waals surface area contributed by atoms with Crippen LogP contribution in [0.5, 0.6) is 0 Å². The van der Waals surface area contributed by atoms with Crippen molar-refractivity contribution in [2.75, 3.05) is 27.2 Å². The Balaban J connectivity index is 4.15. The van der Waals surface area contributed by atoms with E-state index in [1.54, 1.807) is 0 Å². The monoisotopic (exact) mass is 271 g/mol. The lowest BCUT2D eigenvalue weighted by atomic mass is 10.0. The van der Waals surface area contributed by atoms with Gasteiger partial charge in [-0.1, -0.05) is 19.1 Å². The first-order chi connectivity index (χ1) is 8.82. The van der Waals surface area contributed by atoms with Crippen molar-refractivity contribution in [2.45, 2.75) is 45.6 Å². The van der Waals surface area contributed by atoms with E-state index in [9.17, 15) is 15.0 Å². The van der Waals surface area contributed by atoms with Gasteiger partial charge in [-0.05, 0) is 32.6 Å². The van der Waals surface area contributed by atoms with Gasteiger partial charge in [0, 0.05) is 5.92 Å². The Bertz CT molecular complexity index is 287.